The van der Waals surface area contributed by atoms with Crippen LogP contribution in [-0.4, -0.2) is 16.7 Å². The second-order valence-electron chi connectivity index (χ2n) is 5.23. The number of nitrogens with zero attached hydrogens (tertiary/aromatic N) is 2. The lowest BCUT2D eigenvalue weighted by Crippen LogP contribution is -1.88. The molecule has 4 rings (SSSR count). The van der Waals surface area contributed by atoms with Gasteiger partial charge in [-0.1, -0.05) is 23.2 Å². The van der Waals surface area contributed by atoms with Crippen molar-refractivity contribution >= 4 is 34.3 Å². The van der Waals surface area contributed by atoms with Crippen LogP contribution in [0.4, 0.5) is 0 Å². The summed E-state index contributed by atoms with van der Waals surface area (Å²) in [7, 11) is 1.52. The van der Waals surface area contributed by atoms with Crippen LogP contribution < -0.4 is 4.74 Å². The Morgan fingerprint density at radius 3 is 2.42 bits per heavy atom. The van der Waals surface area contributed by atoms with Crippen LogP contribution in [0, 0.1) is 0 Å². The molecule has 0 bridgehead atoms. The number of hydrogen-bond donors (Lipinski definition) is 0. The molecule has 2 aromatic heterocycles. The van der Waals surface area contributed by atoms with Crippen LogP contribution in [0.1, 0.15) is 0 Å². The standard InChI is InChI=1S/C18H12Cl2N2O2/c1-23-17-13(19)8-11(9-14(17)20)18-21-15-10-12(4-5-16(15)24-18)22-6-2-3-7-22/h2-10H,1H3. The second-order valence-corrected chi connectivity index (χ2v) is 6.05. The molecule has 0 aliphatic heterocycles. The van der Waals surface area contributed by atoms with Crippen LogP contribution in [0.25, 0.3) is 28.2 Å². The molecule has 0 atom stereocenters. The van der Waals surface area contributed by atoms with E-state index < -0.39 is 0 Å². The SMILES string of the molecule is COc1c(Cl)cc(-c2nc3cc(-n4cccc4)ccc3o2)cc1Cl. The zero-order valence-electron chi connectivity index (χ0n) is 12.7. The fourth-order valence-corrected chi connectivity index (χ4v) is 3.23. The molecular formula is C18H12Cl2N2O2. The Labute approximate surface area is 148 Å². The predicted octanol–water partition coefficient (Wildman–Crippen LogP) is 5.60. The molecule has 0 saturated heterocycles. The van der Waals surface area contributed by atoms with Gasteiger partial charge in [-0.3, -0.25) is 0 Å². The molecule has 120 valence electrons. The summed E-state index contributed by atoms with van der Waals surface area (Å²) in [5, 5.41) is 0.825. The highest BCUT2D eigenvalue weighted by Gasteiger charge is 2.14. The Kier molecular flexibility index (Phi) is 3.71. The molecule has 4 aromatic rings. The molecule has 0 unspecified atom stereocenters. The number of halogens is 2. The summed E-state index contributed by atoms with van der Waals surface area (Å²) >= 11 is 12.4. The minimum absolute atomic E-state index is 0.412. The average Bonchev–Trinajstić information content (AvgIpc) is 3.23. The van der Waals surface area contributed by atoms with E-state index in [2.05, 4.69) is 4.98 Å². The Hall–Kier alpha value is -2.43. The average molecular weight is 359 g/mol. The van der Waals surface area contributed by atoms with Crippen molar-refractivity contribution in [1.29, 1.82) is 0 Å². The summed E-state index contributed by atoms with van der Waals surface area (Å²) in [4.78, 5) is 4.55. The summed E-state index contributed by atoms with van der Waals surface area (Å²) in [6.45, 7) is 0. The second kappa shape index (κ2) is 5.89. The summed E-state index contributed by atoms with van der Waals surface area (Å²) in [5.74, 6) is 0.897. The summed E-state index contributed by atoms with van der Waals surface area (Å²) in [6.07, 6.45) is 3.95. The lowest BCUT2D eigenvalue weighted by atomic mass is 10.2. The number of methoxy groups -OCH3 is 1. The molecule has 0 radical (unpaired) electrons. The lowest BCUT2D eigenvalue weighted by Gasteiger charge is -2.06. The largest absolute Gasteiger partial charge is 0.494 e. The van der Waals surface area contributed by atoms with E-state index in [1.807, 2.05) is 47.3 Å². The summed E-state index contributed by atoms with van der Waals surface area (Å²) < 4.78 is 13.0. The number of fused-ring (bicyclic) bond motifs is 1. The predicted molar refractivity (Wildman–Crippen MR) is 95.3 cm³/mol. The number of rotatable bonds is 3. The van der Waals surface area contributed by atoms with Gasteiger partial charge in [0.1, 0.15) is 5.52 Å². The Morgan fingerprint density at radius 1 is 1.04 bits per heavy atom. The number of hydrogen-bond acceptors (Lipinski definition) is 3. The van der Waals surface area contributed by atoms with Gasteiger partial charge in [0, 0.05) is 23.6 Å². The first-order chi connectivity index (χ1) is 11.7. The van der Waals surface area contributed by atoms with Crippen molar-refractivity contribution < 1.29 is 9.15 Å². The van der Waals surface area contributed by atoms with E-state index >= 15 is 0 Å². The Bertz CT molecular complexity index is 1000. The van der Waals surface area contributed by atoms with E-state index in [0.717, 1.165) is 11.2 Å². The van der Waals surface area contributed by atoms with E-state index in [4.69, 9.17) is 32.4 Å². The first-order valence-corrected chi connectivity index (χ1v) is 7.98. The fourth-order valence-electron chi connectivity index (χ4n) is 2.58. The molecule has 4 nitrogen and oxygen atoms in total. The molecule has 0 spiro atoms. The highest BCUT2D eigenvalue weighted by Crippen LogP contribution is 2.37. The van der Waals surface area contributed by atoms with E-state index in [1.165, 1.54) is 7.11 Å². The summed E-state index contributed by atoms with van der Waals surface area (Å²) in [6, 6.07) is 13.2. The monoisotopic (exact) mass is 358 g/mol. The lowest BCUT2D eigenvalue weighted by molar-refractivity contribution is 0.415. The van der Waals surface area contributed by atoms with Gasteiger partial charge >= 0.3 is 0 Å². The third-order valence-corrected chi connectivity index (χ3v) is 4.28. The van der Waals surface area contributed by atoms with Crippen molar-refractivity contribution in [2.24, 2.45) is 0 Å². The minimum atomic E-state index is 0.412. The van der Waals surface area contributed by atoms with Crippen molar-refractivity contribution in [3.8, 4) is 22.9 Å². The molecule has 0 amide bonds. The van der Waals surface area contributed by atoms with E-state index in [1.54, 1.807) is 12.1 Å². The van der Waals surface area contributed by atoms with Crippen molar-refractivity contribution in [1.82, 2.24) is 9.55 Å². The molecule has 0 aliphatic rings. The smallest absolute Gasteiger partial charge is 0.227 e. The molecule has 0 fully saturated rings. The highest BCUT2D eigenvalue weighted by molar-refractivity contribution is 6.37. The Morgan fingerprint density at radius 2 is 1.75 bits per heavy atom. The molecule has 0 saturated carbocycles. The van der Waals surface area contributed by atoms with Gasteiger partial charge in [-0.2, -0.15) is 0 Å². The van der Waals surface area contributed by atoms with E-state index in [0.29, 0.717) is 32.8 Å². The maximum absolute atomic E-state index is 6.19. The van der Waals surface area contributed by atoms with Gasteiger partial charge in [-0.25, -0.2) is 4.98 Å². The van der Waals surface area contributed by atoms with Gasteiger partial charge in [0.15, 0.2) is 11.3 Å². The van der Waals surface area contributed by atoms with Gasteiger partial charge in [-0.15, -0.1) is 0 Å². The van der Waals surface area contributed by atoms with E-state index in [9.17, 15) is 0 Å². The normalized spacial score (nSPS) is 11.1. The minimum Gasteiger partial charge on any atom is -0.494 e. The summed E-state index contributed by atoms with van der Waals surface area (Å²) in [5.41, 5.74) is 3.17. The van der Waals surface area contributed by atoms with Crippen LogP contribution >= 0.6 is 23.2 Å². The first-order valence-electron chi connectivity index (χ1n) is 7.23. The zero-order chi connectivity index (χ0) is 16.7. The van der Waals surface area contributed by atoms with Gasteiger partial charge in [0.05, 0.1) is 17.2 Å². The van der Waals surface area contributed by atoms with E-state index in [-0.39, 0.29) is 0 Å². The van der Waals surface area contributed by atoms with Crippen molar-refractivity contribution in [3.05, 3.63) is 64.9 Å². The number of ether oxygens (including phenoxy) is 1. The van der Waals surface area contributed by atoms with Crippen LogP contribution in [0.3, 0.4) is 0 Å². The van der Waals surface area contributed by atoms with Crippen molar-refractivity contribution in [2.45, 2.75) is 0 Å². The number of benzene rings is 2. The van der Waals surface area contributed by atoms with Crippen molar-refractivity contribution in [3.63, 3.8) is 0 Å². The van der Waals surface area contributed by atoms with Gasteiger partial charge < -0.3 is 13.7 Å². The highest BCUT2D eigenvalue weighted by atomic mass is 35.5. The van der Waals surface area contributed by atoms with Crippen LogP contribution in [-0.2, 0) is 0 Å². The molecule has 2 aromatic carbocycles. The third kappa shape index (κ3) is 2.54. The molecule has 24 heavy (non-hydrogen) atoms. The molecular weight excluding hydrogens is 347 g/mol. The molecule has 0 N–H and O–H groups in total. The molecule has 2 heterocycles. The van der Waals surface area contributed by atoms with Gasteiger partial charge in [0.2, 0.25) is 5.89 Å². The fraction of sp³-hybridized carbons (Fsp3) is 0.0556. The number of oxazole rings is 1. The van der Waals surface area contributed by atoms with Crippen molar-refractivity contribution in [2.75, 3.05) is 7.11 Å². The molecule has 0 aliphatic carbocycles. The van der Waals surface area contributed by atoms with Gasteiger partial charge in [-0.05, 0) is 42.5 Å². The zero-order valence-corrected chi connectivity index (χ0v) is 14.2. The topological polar surface area (TPSA) is 40.2 Å². The van der Waals surface area contributed by atoms with Crippen LogP contribution in [0.2, 0.25) is 10.0 Å². The van der Waals surface area contributed by atoms with Crippen LogP contribution in [0.15, 0.2) is 59.3 Å². The quantitative estimate of drug-likeness (QED) is 0.478. The Balaban J connectivity index is 1.81. The third-order valence-electron chi connectivity index (χ3n) is 3.72. The van der Waals surface area contributed by atoms with Gasteiger partial charge in [0.25, 0.3) is 0 Å². The van der Waals surface area contributed by atoms with Crippen LogP contribution in [0.5, 0.6) is 5.75 Å². The maximum Gasteiger partial charge on any atom is 0.227 e. The first kappa shape index (κ1) is 15.1. The number of aromatic nitrogens is 2. The maximum atomic E-state index is 6.19. The molecule has 6 heteroatoms.